The standard InChI is InChI=1S/C13H12Cl2N2O/c1-8(16)9-4-5-17-13(6-9)18-12-3-2-10(14)7-11(12)15/h2-8H,16H2,1H3. The zero-order chi connectivity index (χ0) is 13.1. The maximum atomic E-state index is 6.02. The number of nitrogens with zero attached hydrogens (tertiary/aromatic N) is 1. The van der Waals surface area contributed by atoms with Gasteiger partial charge in [-0.1, -0.05) is 23.2 Å². The van der Waals surface area contributed by atoms with Crippen molar-refractivity contribution in [1.82, 2.24) is 4.98 Å². The molecule has 0 bridgehead atoms. The fourth-order valence-corrected chi connectivity index (χ4v) is 1.88. The van der Waals surface area contributed by atoms with Crippen LogP contribution in [0.3, 0.4) is 0 Å². The summed E-state index contributed by atoms with van der Waals surface area (Å²) in [4.78, 5) is 4.11. The number of ether oxygens (including phenoxy) is 1. The van der Waals surface area contributed by atoms with Gasteiger partial charge in [0.1, 0.15) is 5.75 Å². The normalized spacial score (nSPS) is 12.2. The van der Waals surface area contributed by atoms with Crippen LogP contribution >= 0.6 is 23.2 Å². The smallest absolute Gasteiger partial charge is 0.219 e. The van der Waals surface area contributed by atoms with E-state index in [1.54, 1.807) is 30.5 Å². The zero-order valence-electron chi connectivity index (χ0n) is 9.73. The van der Waals surface area contributed by atoms with E-state index in [4.69, 9.17) is 33.7 Å². The molecule has 0 aliphatic heterocycles. The lowest BCUT2D eigenvalue weighted by Crippen LogP contribution is -2.05. The Bertz CT molecular complexity index is 558. The molecule has 2 N–H and O–H groups in total. The molecule has 3 nitrogen and oxygen atoms in total. The van der Waals surface area contributed by atoms with Crippen molar-refractivity contribution in [2.45, 2.75) is 13.0 Å². The molecule has 1 heterocycles. The lowest BCUT2D eigenvalue weighted by atomic mass is 10.1. The largest absolute Gasteiger partial charge is 0.437 e. The molecule has 5 heteroatoms. The number of nitrogens with two attached hydrogens (primary N) is 1. The van der Waals surface area contributed by atoms with Gasteiger partial charge in [-0.15, -0.1) is 0 Å². The first kappa shape index (κ1) is 13.1. The minimum absolute atomic E-state index is 0.0731. The highest BCUT2D eigenvalue weighted by molar-refractivity contribution is 6.35. The molecule has 0 fully saturated rings. The lowest BCUT2D eigenvalue weighted by Gasteiger charge is -2.09. The van der Waals surface area contributed by atoms with Crippen molar-refractivity contribution in [3.05, 3.63) is 52.1 Å². The summed E-state index contributed by atoms with van der Waals surface area (Å²) in [5.74, 6) is 0.962. The first-order valence-electron chi connectivity index (χ1n) is 5.40. The third-order valence-corrected chi connectivity index (χ3v) is 2.92. The van der Waals surface area contributed by atoms with E-state index in [2.05, 4.69) is 4.98 Å². The Morgan fingerprint density at radius 2 is 2.00 bits per heavy atom. The van der Waals surface area contributed by atoms with E-state index in [0.29, 0.717) is 21.7 Å². The predicted octanol–water partition coefficient (Wildman–Crippen LogP) is 4.20. The van der Waals surface area contributed by atoms with Crippen LogP contribution in [0.1, 0.15) is 18.5 Å². The van der Waals surface area contributed by atoms with Crippen molar-refractivity contribution in [3.63, 3.8) is 0 Å². The summed E-state index contributed by atoms with van der Waals surface area (Å²) in [6, 6.07) is 8.59. The molecule has 1 atom stereocenters. The number of pyridine rings is 1. The van der Waals surface area contributed by atoms with Crippen LogP contribution in [0.4, 0.5) is 0 Å². The van der Waals surface area contributed by atoms with E-state index < -0.39 is 0 Å². The van der Waals surface area contributed by atoms with Gasteiger partial charge in [-0.2, -0.15) is 0 Å². The van der Waals surface area contributed by atoms with Crippen molar-refractivity contribution < 1.29 is 4.74 Å². The van der Waals surface area contributed by atoms with E-state index in [-0.39, 0.29) is 6.04 Å². The van der Waals surface area contributed by atoms with E-state index in [0.717, 1.165) is 5.56 Å². The highest BCUT2D eigenvalue weighted by atomic mass is 35.5. The Hall–Kier alpha value is -1.29. The zero-order valence-corrected chi connectivity index (χ0v) is 11.2. The molecular formula is C13H12Cl2N2O. The Kier molecular flexibility index (Phi) is 4.07. The number of rotatable bonds is 3. The molecule has 0 radical (unpaired) electrons. The van der Waals surface area contributed by atoms with Gasteiger partial charge in [0.2, 0.25) is 5.88 Å². The average Bonchev–Trinajstić information content (AvgIpc) is 2.33. The van der Waals surface area contributed by atoms with Gasteiger partial charge >= 0.3 is 0 Å². The quantitative estimate of drug-likeness (QED) is 0.918. The van der Waals surface area contributed by atoms with Crippen molar-refractivity contribution >= 4 is 23.2 Å². The maximum absolute atomic E-state index is 6.02. The van der Waals surface area contributed by atoms with E-state index in [9.17, 15) is 0 Å². The molecule has 0 aliphatic carbocycles. The fraction of sp³-hybridized carbons (Fsp3) is 0.154. The molecule has 1 unspecified atom stereocenters. The Balaban J connectivity index is 2.25. The summed E-state index contributed by atoms with van der Waals surface area (Å²) in [6.07, 6.45) is 1.65. The Morgan fingerprint density at radius 3 is 2.67 bits per heavy atom. The molecule has 2 rings (SSSR count). The highest BCUT2D eigenvalue weighted by Gasteiger charge is 2.07. The second-order valence-corrected chi connectivity index (χ2v) is 4.74. The number of halogens is 2. The molecule has 0 saturated heterocycles. The first-order chi connectivity index (χ1) is 8.56. The van der Waals surface area contributed by atoms with Gasteiger partial charge in [-0.05, 0) is 36.8 Å². The van der Waals surface area contributed by atoms with Gasteiger partial charge in [-0.3, -0.25) is 0 Å². The van der Waals surface area contributed by atoms with Crippen molar-refractivity contribution in [1.29, 1.82) is 0 Å². The highest BCUT2D eigenvalue weighted by Crippen LogP contribution is 2.31. The van der Waals surface area contributed by atoms with Crippen LogP contribution in [-0.4, -0.2) is 4.98 Å². The summed E-state index contributed by atoms with van der Waals surface area (Å²) in [5.41, 5.74) is 6.75. The van der Waals surface area contributed by atoms with Crippen LogP contribution in [0.25, 0.3) is 0 Å². The number of aromatic nitrogens is 1. The van der Waals surface area contributed by atoms with Crippen molar-refractivity contribution in [3.8, 4) is 11.6 Å². The summed E-state index contributed by atoms with van der Waals surface area (Å²) in [5, 5.41) is 1.00. The minimum Gasteiger partial charge on any atom is -0.437 e. The molecule has 1 aromatic heterocycles. The molecule has 0 spiro atoms. The van der Waals surface area contributed by atoms with Crippen LogP contribution < -0.4 is 10.5 Å². The SMILES string of the molecule is CC(N)c1ccnc(Oc2ccc(Cl)cc2Cl)c1. The number of hydrogen-bond donors (Lipinski definition) is 1. The Morgan fingerprint density at radius 1 is 1.22 bits per heavy atom. The van der Waals surface area contributed by atoms with Gasteiger partial charge in [-0.25, -0.2) is 4.98 Å². The molecule has 0 amide bonds. The summed E-state index contributed by atoms with van der Waals surface area (Å²) in [7, 11) is 0. The minimum atomic E-state index is -0.0731. The average molecular weight is 283 g/mol. The Labute approximate surface area is 115 Å². The van der Waals surface area contributed by atoms with Gasteiger partial charge in [0.05, 0.1) is 5.02 Å². The number of hydrogen-bond acceptors (Lipinski definition) is 3. The molecule has 94 valence electrons. The van der Waals surface area contributed by atoms with Crippen molar-refractivity contribution in [2.24, 2.45) is 5.73 Å². The van der Waals surface area contributed by atoms with Gasteiger partial charge in [0, 0.05) is 23.3 Å². The van der Waals surface area contributed by atoms with Crippen LogP contribution in [0.2, 0.25) is 10.0 Å². The second-order valence-electron chi connectivity index (χ2n) is 3.89. The summed E-state index contributed by atoms with van der Waals surface area (Å²) in [6.45, 7) is 1.90. The third kappa shape index (κ3) is 3.13. The molecule has 0 saturated carbocycles. The van der Waals surface area contributed by atoms with Crippen LogP contribution in [0, 0.1) is 0 Å². The maximum Gasteiger partial charge on any atom is 0.219 e. The topological polar surface area (TPSA) is 48.1 Å². The van der Waals surface area contributed by atoms with Gasteiger partial charge < -0.3 is 10.5 Å². The molecule has 0 aliphatic rings. The van der Waals surface area contributed by atoms with E-state index >= 15 is 0 Å². The van der Waals surface area contributed by atoms with E-state index in [1.165, 1.54) is 0 Å². The molecule has 1 aromatic carbocycles. The molecular weight excluding hydrogens is 271 g/mol. The van der Waals surface area contributed by atoms with Crippen LogP contribution in [-0.2, 0) is 0 Å². The summed E-state index contributed by atoms with van der Waals surface area (Å²) >= 11 is 11.8. The first-order valence-corrected chi connectivity index (χ1v) is 6.16. The van der Waals surface area contributed by atoms with Crippen LogP contribution in [0.15, 0.2) is 36.5 Å². The monoisotopic (exact) mass is 282 g/mol. The number of benzene rings is 1. The van der Waals surface area contributed by atoms with Crippen LogP contribution in [0.5, 0.6) is 11.6 Å². The second kappa shape index (κ2) is 5.57. The molecule has 18 heavy (non-hydrogen) atoms. The summed E-state index contributed by atoms with van der Waals surface area (Å²) < 4.78 is 5.60. The predicted molar refractivity (Wildman–Crippen MR) is 73.4 cm³/mol. The lowest BCUT2D eigenvalue weighted by molar-refractivity contribution is 0.462. The van der Waals surface area contributed by atoms with E-state index in [1.807, 2.05) is 13.0 Å². The molecule has 2 aromatic rings. The van der Waals surface area contributed by atoms with Crippen molar-refractivity contribution in [2.75, 3.05) is 0 Å². The third-order valence-electron chi connectivity index (χ3n) is 2.39. The van der Waals surface area contributed by atoms with Gasteiger partial charge in [0.25, 0.3) is 0 Å². The fourth-order valence-electron chi connectivity index (χ4n) is 1.43. The van der Waals surface area contributed by atoms with Gasteiger partial charge in [0.15, 0.2) is 0 Å².